The molecule has 0 spiro atoms. The quantitative estimate of drug-likeness (QED) is 0.222. The van der Waals surface area contributed by atoms with Crippen molar-refractivity contribution in [2.45, 2.75) is 59.0 Å². The molecule has 0 saturated carbocycles. The number of hydrogen-bond donors (Lipinski definition) is 5. The van der Waals surface area contributed by atoms with Crippen molar-refractivity contribution < 1.29 is 14.4 Å². The SMILES string of the molecule is CCN/C(C(=O)N[C@@H](CC(C)C)C(=O)N[C@H](C#N)C[C@@H]1CCNC1=O)=C(/Br)C(C)=N. The lowest BCUT2D eigenvalue weighted by Gasteiger charge is -2.23. The molecular formula is C20H31BrN6O3. The molecule has 0 unspecified atom stereocenters. The van der Waals surface area contributed by atoms with Gasteiger partial charge in [0.1, 0.15) is 17.8 Å². The Bertz CT molecular complexity index is 743. The second-order valence-electron chi connectivity index (χ2n) is 7.70. The van der Waals surface area contributed by atoms with Gasteiger partial charge in [0.05, 0.1) is 10.6 Å². The van der Waals surface area contributed by atoms with Crippen molar-refractivity contribution in [3.63, 3.8) is 0 Å². The van der Waals surface area contributed by atoms with Gasteiger partial charge in [-0.2, -0.15) is 5.26 Å². The van der Waals surface area contributed by atoms with Crippen LogP contribution in [-0.2, 0) is 14.4 Å². The van der Waals surface area contributed by atoms with Crippen LogP contribution in [-0.4, -0.2) is 48.6 Å². The third kappa shape index (κ3) is 7.78. The van der Waals surface area contributed by atoms with Crippen molar-refractivity contribution in [3.8, 4) is 6.07 Å². The van der Waals surface area contributed by atoms with Crippen LogP contribution < -0.4 is 21.3 Å². The Balaban J connectivity index is 2.93. The minimum atomic E-state index is -0.856. The van der Waals surface area contributed by atoms with E-state index in [1.165, 1.54) is 0 Å². The molecule has 0 aromatic rings. The number of carbonyl (C=O) groups is 3. The van der Waals surface area contributed by atoms with E-state index in [-0.39, 0.29) is 35.6 Å². The molecule has 0 aliphatic carbocycles. The molecule has 1 saturated heterocycles. The molecule has 3 atom stereocenters. The fourth-order valence-corrected chi connectivity index (χ4v) is 3.45. The molecule has 5 N–H and O–H groups in total. The van der Waals surface area contributed by atoms with Gasteiger partial charge < -0.3 is 26.7 Å². The largest absolute Gasteiger partial charge is 0.380 e. The fraction of sp³-hybridized carbons (Fsp3) is 0.650. The maximum Gasteiger partial charge on any atom is 0.269 e. The summed E-state index contributed by atoms with van der Waals surface area (Å²) in [5.74, 6) is -1.28. The first-order valence-corrected chi connectivity index (χ1v) is 10.9. The highest BCUT2D eigenvalue weighted by atomic mass is 79.9. The second kappa shape index (κ2) is 12.3. The zero-order valence-electron chi connectivity index (χ0n) is 17.9. The van der Waals surface area contributed by atoms with Crippen LogP contribution in [0.2, 0.25) is 0 Å². The first-order chi connectivity index (χ1) is 14.1. The van der Waals surface area contributed by atoms with Crippen LogP contribution in [0.4, 0.5) is 0 Å². The smallest absolute Gasteiger partial charge is 0.269 e. The molecule has 0 bridgehead atoms. The predicted molar refractivity (Wildman–Crippen MR) is 118 cm³/mol. The van der Waals surface area contributed by atoms with E-state index in [9.17, 15) is 19.6 Å². The van der Waals surface area contributed by atoms with Crippen LogP contribution in [0.1, 0.15) is 47.0 Å². The van der Waals surface area contributed by atoms with Crippen molar-refractivity contribution in [1.82, 2.24) is 21.3 Å². The molecule has 1 aliphatic heterocycles. The summed E-state index contributed by atoms with van der Waals surface area (Å²) in [5, 5.41) is 28.2. The Kier molecular flexibility index (Phi) is 10.5. The molecule has 0 radical (unpaired) electrons. The Morgan fingerprint density at radius 2 is 2.03 bits per heavy atom. The van der Waals surface area contributed by atoms with Crippen molar-refractivity contribution in [3.05, 3.63) is 10.2 Å². The van der Waals surface area contributed by atoms with E-state index < -0.39 is 23.9 Å². The maximum atomic E-state index is 12.9. The Labute approximate surface area is 186 Å². The maximum absolute atomic E-state index is 12.9. The summed E-state index contributed by atoms with van der Waals surface area (Å²) in [6.45, 7) is 8.26. The summed E-state index contributed by atoms with van der Waals surface area (Å²) >= 11 is 3.24. The molecule has 0 aromatic heterocycles. The topological polar surface area (TPSA) is 147 Å². The molecule has 0 aromatic carbocycles. The lowest BCUT2D eigenvalue weighted by Crippen LogP contribution is -2.51. The Morgan fingerprint density at radius 1 is 1.37 bits per heavy atom. The van der Waals surface area contributed by atoms with Crippen molar-refractivity contribution >= 4 is 39.4 Å². The number of nitrogens with zero attached hydrogens (tertiary/aromatic N) is 1. The average Bonchev–Trinajstić information content (AvgIpc) is 3.08. The number of allylic oxidation sites excluding steroid dienone is 1. The second-order valence-corrected chi connectivity index (χ2v) is 8.50. The van der Waals surface area contributed by atoms with Crippen molar-refractivity contribution in [2.75, 3.05) is 13.1 Å². The molecule has 3 amide bonds. The molecule has 166 valence electrons. The molecule has 1 aliphatic rings. The van der Waals surface area contributed by atoms with Gasteiger partial charge >= 0.3 is 0 Å². The summed E-state index contributed by atoms with van der Waals surface area (Å²) in [6.07, 6.45) is 1.24. The lowest BCUT2D eigenvalue weighted by molar-refractivity contribution is -0.128. The van der Waals surface area contributed by atoms with E-state index in [0.29, 0.717) is 30.4 Å². The highest BCUT2D eigenvalue weighted by Gasteiger charge is 2.30. The van der Waals surface area contributed by atoms with E-state index in [1.807, 2.05) is 26.8 Å². The number of rotatable bonds is 11. The third-order valence-electron chi connectivity index (χ3n) is 4.61. The number of carbonyl (C=O) groups excluding carboxylic acids is 3. The summed E-state index contributed by atoms with van der Waals surface area (Å²) in [7, 11) is 0. The third-order valence-corrected chi connectivity index (χ3v) is 5.60. The van der Waals surface area contributed by atoms with Crippen LogP contribution in [0.3, 0.4) is 0 Å². The average molecular weight is 483 g/mol. The zero-order chi connectivity index (χ0) is 22.8. The van der Waals surface area contributed by atoms with E-state index >= 15 is 0 Å². The van der Waals surface area contributed by atoms with Gasteiger partial charge in [-0.15, -0.1) is 0 Å². The Hall–Kier alpha value is -2.41. The normalized spacial score (nSPS) is 18.6. The minimum absolute atomic E-state index is 0.108. The summed E-state index contributed by atoms with van der Waals surface area (Å²) in [6, 6.07) is 0.358. The Morgan fingerprint density at radius 3 is 2.50 bits per heavy atom. The van der Waals surface area contributed by atoms with Crippen LogP contribution in [0.15, 0.2) is 10.2 Å². The predicted octanol–water partition coefficient (Wildman–Crippen LogP) is 1.31. The van der Waals surface area contributed by atoms with Gasteiger partial charge in [-0.3, -0.25) is 14.4 Å². The van der Waals surface area contributed by atoms with Gasteiger partial charge in [0.2, 0.25) is 11.8 Å². The zero-order valence-corrected chi connectivity index (χ0v) is 19.5. The number of nitriles is 1. The first-order valence-electron chi connectivity index (χ1n) is 10.1. The van der Waals surface area contributed by atoms with Crippen LogP contribution in [0.25, 0.3) is 0 Å². The molecule has 10 heteroatoms. The number of hydrogen-bond acceptors (Lipinski definition) is 6. The molecule has 1 fully saturated rings. The van der Waals surface area contributed by atoms with Crippen LogP contribution >= 0.6 is 15.9 Å². The first kappa shape index (κ1) is 25.6. The van der Waals surface area contributed by atoms with E-state index in [4.69, 9.17) is 5.41 Å². The van der Waals surface area contributed by atoms with Crippen molar-refractivity contribution in [2.24, 2.45) is 11.8 Å². The number of nitrogens with one attached hydrogen (secondary N) is 5. The van der Waals surface area contributed by atoms with Crippen molar-refractivity contribution in [1.29, 1.82) is 10.7 Å². The van der Waals surface area contributed by atoms with Gasteiger partial charge in [-0.05, 0) is 55.0 Å². The van der Waals surface area contributed by atoms with E-state index in [2.05, 4.69) is 37.2 Å². The number of likely N-dealkylation sites (N-methyl/N-ethyl adjacent to an activating group) is 1. The highest BCUT2D eigenvalue weighted by molar-refractivity contribution is 9.12. The van der Waals surface area contributed by atoms with Crippen LogP contribution in [0.5, 0.6) is 0 Å². The monoisotopic (exact) mass is 482 g/mol. The fourth-order valence-electron chi connectivity index (χ4n) is 3.13. The molecule has 1 heterocycles. The van der Waals surface area contributed by atoms with Gasteiger partial charge in [0, 0.05) is 24.7 Å². The van der Waals surface area contributed by atoms with E-state index in [1.54, 1.807) is 6.92 Å². The van der Waals surface area contributed by atoms with Gasteiger partial charge in [0.25, 0.3) is 5.91 Å². The molecular weight excluding hydrogens is 452 g/mol. The van der Waals surface area contributed by atoms with Gasteiger partial charge in [-0.1, -0.05) is 13.8 Å². The molecule has 1 rings (SSSR count). The number of halogens is 1. The van der Waals surface area contributed by atoms with Gasteiger partial charge in [-0.25, -0.2) is 0 Å². The molecule has 9 nitrogen and oxygen atoms in total. The standard InChI is InChI=1S/C20H31BrN6O3/c1-5-24-17(16(21)12(4)23)20(30)27-15(8-11(2)3)19(29)26-14(10-22)9-13-6-7-25-18(13)28/h11,13-15,23-24H,5-9H2,1-4H3,(H,25,28)(H,26,29)(H,27,30)/b17-16+,23-12?/t13-,14-,15-/m0/s1. The number of amides is 3. The molecule has 30 heavy (non-hydrogen) atoms. The summed E-state index contributed by atoms with van der Waals surface area (Å²) in [5.41, 5.74) is 0.344. The highest BCUT2D eigenvalue weighted by Crippen LogP contribution is 2.17. The lowest BCUT2D eigenvalue weighted by atomic mass is 9.98. The van der Waals surface area contributed by atoms with E-state index in [0.717, 1.165) is 0 Å². The summed E-state index contributed by atoms with van der Waals surface area (Å²) < 4.78 is 0.313. The minimum Gasteiger partial charge on any atom is -0.380 e. The van der Waals surface area contributed by atoms with Crippen LogP contribution in [0, 0.1) is 28.6 Å². The summed E-state index contributed by atoms with van der Waals surface area (Å²) in [4.78, 5) is 37.4. The van der Waals surface area contributed by atoms with Gasteiger partial charge in [0.15, 0.2) is 0 Å².